The number of nitrogens with one attached hydrogen (secondary N) is 1. The highest BCUT2D eigenvalue weighted by Gasteiger charge is 2.08. The third kappa shape index (κ3) is 5.01. The summed E-state index contributed by atoms with van der Waals surface area (Å²) in [6, 6.07) is 4.95. The van der Waals surface area contributed by atoms with Crippen LogP contribution in [0.3, 0.4) is 0 Å². The van der Waals surface area contributed by atoms with Crippen LogP contribution in [-0.4, -0.2) is 32.8 Å². The number of benzene rings is 1. The van der Waals surface area contributed by atoms with Crippen molar-refractivity contribution in [2.75, 3.05) is 32.6 Å². The van der Waals surface area contributed by atoms with Crippen LogP contribution in [0.4, 0.5) is 5.69 Å². The van der Waals surface area contributed by atoms with E-state index in [1.165, 1.54) is 0 Å². The monoisotopic (exact) mass is 264 g/mol. The predicted octanol–water partition coefficient (Wildman–Crippen LogP) is 1.60. The molecule has 19 heavy (non-hydrogen) atoms. The summed E-state index contributed by atoms with van der Waals surface area (Å²) in [4.78, 5) is 11.8. The number of nitrogens with two attached hydrogens (primary N) is 1. The molecule has 0 bridgehead atoms. The van der Waals surface area contributed by atoms with Gasteiger partial charge in [0.05, 0.1) is 12.3 Å². The van der Waals surface area contributed by atoms with E-state index < -0.39 is 0 Å². The van der Waals surface area contributed by atoms with Crippen LogP contribution < -0.4 is 15.8 Å². The van der Waals surface area contributed by atoms with Gasteiger partial charge in [0.25, 0.3) is 5.91 Å². The fraction of sp³-hybridized carbons (Fsp3) is 0.357. The first kappa shape index (κ1) is 15.0. The Bertz CT molecular complexity index is 458. The first-order valence-corrected chi connectivity index (χ1v) is 5.98. The lowest BCUT2D eigenvalue weighted by atomic mass is 10.1. The molecule has 104 valence electrons. The smallest absolute Gasteiger partial charge is 0.251 e. The molecule has 0 aliphatic carbocycles. The predicted molar refractivity (Wildman–Crippen MR) is 75.4 cm³/mol. The zero-order valence-corrected chi connectivity index (χ0v) is 11.4. The van der Waals surface area contributed by atoms with Crippen LogP contribution >= 0.6 is 0 Å². The van der Waals surface area contributed by atoms with Gasteiger partial charge in [-0.2, -0.15) is 0 Å². The summed E-state index contributed by atoms with van der Waals surface area (Å²) in [6.07, 6.45) is 0. The fourth-order valence-electron chi connectivity index (χ4n) is 1.39. The minimum Gasteiger partial charge on any atom is -0.487 e. The van der Waals surface area contributed by atoms with Crippen molar-refractivity contribution in [3.05, 3.63) is 35.9 Å². The lowest BCUT2D eigenvalue weighted by Gasteiger charge is -2.10. The van der Waals surface area contributed by atoms with Gasteiger partial charge in [0.1, 0.15) is 12.4 Å². The summed E-state index contributed by atoms with van der Waals surface area (Å²) in [7, 11) is 1.58. The lowest BCUT2D eigenvalue weighted by Crippen LogP contribution is -2.26. The van der Waals surface area contributed by atoms with Gasteiger partial charge in [0.2, 0.25) is 0 Å². The van der Waals surface area contributed by atoms with Crippen LogP contribution in [0.1, 0.15) is 17.3 Å². The molecule has 0 spiro atoms. The maximum Gasteiger partial charge on any atom is 0.251 e. The van der Waals surface area contributed by atoms with Crippen LogP contribution in [0, 0.1) is 0 Å². The number of rotatable bonds is 7. The van der Waals surface area contributed by atoms with Crippen molar-refractivity contribution in [3.8, 4) is 5.75 Å². The van der Waals surface area contributed by atoms with Crippen LogP contribution in [-0.2, 0) is 4.74 Å². The average Bonchev–Trinajstić information content (AvgIpc) is 2.37. The van der Waals surface area contributed by atoms with E-state index >= 15 is 0 Å². The molecular formula is C14H20N2O3. The average molecular weight is 264 g/mol. The molecule has 0 aromatic heterocycles. The van der Waals surface area contributed by atoms with Gasteiger partial charge in [-0.15, -0.1) is 0 Å². The lowest BCUT2D eigenvalue weighted by molar-refractivity contribution is 0.0937. The van der Waals surface area contributed by atoms with Crippen LogP contribution in [0.25, 0.3) is 0 Å². The molecular weight excluding hydrogens is 244 g/mol. The molecule has 0 heterocycles. The van der Waals surface area contributed by atoms with E-state index in [2.05, 4.69) is 11.9 Å². The molecule has 0 aliphatic heterocycles. The Morgan fingerprint density at radius 1 is 1.47 bits per heavy atom. The first-order chi connectivity index (χ1) is 9.04. The third-order valence-electron chi connectivity index (χ3n) is 2.34. The Morgan fingerprint density at radius 2 is 2.21 bits per heavy atom. The molecule has 0 fully saturated rings. The number of anilines is 1. The third-order valence-corrected chi connectivity index (χ3v) is 2.34. The van der Waals surface area contributed by atoms with E-state index in [0.717, 1.165) is 5.57 Å². The van der Waals surface area contributed by atoms with E-state index in [4.69, 9.17) is 15.2 Å². The summed E-state index contributed by atoms with van der Waals surface area (Å²) in [6.45, 7) is 6.96. The van der Waals surface area contributed by atoms with Crippen molar-refractivity contribution in [3.63, 3.8) is 0 Å². The number of hydrogen-bond acceptors (Lipinski definition) is 4. The highest BCUT2D eigenvalue weighted by Crippen LogP contribution is 2.22. The minimum absolute atomic E-state index is 0.185. The summed E-state index contributed by atoms with van der Waals surface area (Å²) >= 11 is 0. The SMILES string of the molecule is C=C(C)COc1ccc(C(=O)NCCOC)cc1N. The van der Waals surface area contributed by atoms with Crippen molar-refractivity contribution in [1.82, 2.24) is 5.32 Å². The second-order valence-corrected chi connectivity index (χ2v) is 4.25. The fourth-order valence-corrected chi connectivity index (χ4v) is 1.39. The quantitative estimate of drug-likeness (QED) is 0.445. The number of carbonyl (C=O) groups excluding carboxylic acids is 1. The minimum atomic E-state index is -0.185. The number of nitrogen functional groups attached to an aromatic ring is 1. The zero-order valence-electron chi connectivity index (χ0n) is 11.4. The van der Waals surface area contributed by atoms with Gasteiger partial charge >= 0.3 is 0 Å². The van der Waals surface area contributed by atoms with Gasteiger partial charge in [0, 0.05) is 19.2 Å². The number of ether oxygens (including phenoxy) is 2. The Morgan fingerprint density at radius 3 is 2.79 bits per heavy atom. The van der Waals surface area contributed by atoms with Crippen molar-refractivity contribution >= 4 is 11.6 Å². The Balaban J connectivity index is 2.65. The van der Waals surface area contributed by atoms with Crippen LogP contribution in [0.15, 0.2) is 30.4 Å². The summed E-state index contributed by atoms with van der Waals surface area (Å²) in [5.74, 6) is 0.367. The molecule has 1 aromatic rings. The molecule has 5 heteroatoms. The van der Waals surface area contributed by atoms with Gasteiger partial charge in [-0.05, 0) is 30.7 Å². The first-order valence-electron chi connectivity index (χ1n) is 5.98. The second kappa shape index (κ2) is 7.43. The number of hydrogen-bond donors (Lipinski definition) is 2. The summed E-state index contributed by atoms with van der Waals surface area (Å²) in [5, 5.41) is 2.72. The molecule has 0 unspecified atom stereocenters. The van der Waals surface area contributed by atoms with Gasteiger partial charge in [-0.1, -0.05) is 6.58 Å². The molecule has 5 nitrogen and oxygen atoms in total. The van der Waals surface area contributed by atoms with E-state index in [-0.39, 0.29) is 5.91 Å². The highest BCUT2D eigenvalue weighted by atomic mass is 16.5. The number of methoxy groups -OCH3 is 1. The molecule has 1 amide bonds. The largest absolute Gasteiger partial charge is 0.487 e. The van der Waals surface area contributed by atoms with E-state index in [9.17, 15) is 4.79 Å². The molecule has 0 saturated heterocycles. The molecule has 0 radical (unpaired) electrons. The standard InChI is InChI=1S/C14H20N2O3/c1-10(2)9-19-13-5-4-11(8-12(13)15)14(17)16-6-7-18-3/h4-5,8H,1,6-7,9,15H2,2-3H3,(H,16,17). The molecule has 0 aliphatic rings. The molecule has 1 aromatic carbocycles. The normalized spacial score (nSPS) is 10.0. The molecule has 3 N–H and O–H groups in total. The van der Waals surface area contributed by atoms with Crippen molar-refractivity contribution in [1.29, 1.82) is 0 Å². The van der Waals surface area contributed by atoms with Crippen molar-refractivity contribution in [2.45, 2.75) is 6.92 Å². The highest BCUT2D eigenvalue weighted by molar-refractivity contribution is 5.95. The Labute approximate surface area is 113 Å². The summed E-state index contributed by atoms with van der Waals surface area (Å²) < 4.78 is 10.3. The molecule has 0 atom stereocenters. The van der Waals surface area contributed by atoms with Gasteiger partial charge in [-0.3, -0.25) is 4.79 Å². The van der Waals surface area contributed by atoms with Crippen molar-refractivity contribution < 1.29 is 14.3 Å². The second-order valence-electron chi connectivity index (χ2n) is 4.25. The number of carbonyl (C=O) groups is 1. The van der Waals surface area contributed by atoms with Gasteiger partial charge in [0.15, 0.2) is 0 Å². The maximum atomic E-state index is 11.8. The Kier molecular flexibility index (Phi) is 5.89. The molecule has 0 saturated carbocycles. The van der Waals surface area contributed by atoms with Crippen LogP contribution in [0.5, 0.6) is 5.75 Å². The topological polar surface area (TPSA) is 73.6 Å². The maximum absolute atomic E-state index is 11.8. The Hall–Kier alpha value is -2.01. The van der Waals surface area contributed by atoms with E-state index in [1.54, 1.807) is 25.3 Å². The summed E-state index contributed by atoms with van der Waals surface area (Å²) in [5.41, 5.74) is 7.67. The number of amides is 1. The zero-order chi connectivity index (χ0) is 14.3. The molecule has 1 rings (SSSR count). The van der Waals surface area contributed by atoms with Gasteiger partial charge < -0.3 is 20.5 Å². The van der Waals surface area contributed by atoms with Crippen LogP contribution in [0.2, 0.25) is 0 Å². The van der Waals surface area contributed by atoms with E-state index in [0.29, 0.717) is 36.8 Å². The van der Waals surface area contributed by atoms with Gasteiger partial charge in [-0.25, -0.2) is 0 Å². The van der Waals surface area contributed by atoms with Crippen molar-refractivity contribution in [2.24, 2.45) is 0 Å². The van der Waals surface area contributed by atoms with E-state index in [1.807, 2.05) is 6.92 Å².